The smallest absolute Gasteiger partial charge is 0.278 e. The molecule has 0 aliphatic heterocycles. The number of anilines is 1. The van der Waals surface area contributed by atoms with E-state index in [4.69, 9.17) is 14.7 Å². The van der Waals surface area contributed by atoms with Gasteiger partial charge in [0.25, 0.3) is 11.8 Å². The summed E-state index contributed by atoms with van der Waals surface area (Å²) in [5.41, 5.74) is 7.06. The Morgan fingerprint density at radius 1 is 1.38 bits per heavy atom. The van der Waals surface area contributed by atoms with E-state index in [0.29, 0.717) is 28.0 Å². The third kappa shape index (κ3) is 2.92. The second kappa shape index (κ2) is 6.45. The molecule has 134 valence electrons. The van der Waals surface area contributed by atoms with E-state index in [-0.39, 0.29) is 5.69 Å². The van der Waals surface area contributed by atoms with E-state index in [0.717, 1.165) is 29.7 Å². The van der Waals surface area contributed by atoms with E-state index in [1.165, 1.54) is 23.7 Å². The predicted octanol–water partition coefficient (Wildman–Crippen LogP) is 3.47. The summed E-state index contributed by atoms with van der Waals surface area (Å²) in [6, 6.07) is 4.92. The highest BCUT2D eigenvalue weighted by Crippen LogP contribution is 2.39. The Balaban J connectivity index is 1.61. The second-order valence-corrected chi connectivity index (χ2v) is 7.53. The lowest BCUT2D eigenvalue weighted by molar-refractivity contribution is 0.1000. The minimum absolute atomic E-state index is 0.103. The minimum atomic E-state index is -0.524. The molecule has 0 fully saturated rings. The van der Waals surface area contributed by atoms with Crippen molar-refractivity contribution in [3.8, 4) is 11.5 Å². The van der Waals surface area contributed by atoms with Gasteiger partial charge in [-0.1, -0.05) is 12.1 Å². The molecule has 3 aromatic rings. The largest absolute Gasteiger partial charge is 0.461 e. The van der Waals surface area contributed by atoms with Gasteiger partial charge in [-0.2, -0.15) is 0 Å². The number of aromatic nitrogens is 1. The van der Waals surface area contributed by atoms with E-state index in [1.807, 2.05) is 0 Å². The van der Waals surface area contributed by atoms with Crippen molar-refractivity contribution in [1.29, 1.82) is 0 Å². The molecule has 0 saturated carbocycles. The van der Waals surface area contributed by atoms with Gasteiger partial charge < -0.3 is 20.0 Å². The quantitative estimate of drug-likeness (QED) is 0.729. The first-order chi connectivity index (χ1) is 12.5. The topological polar surface area (TPSA) is 111 Å². The van der Waals surface area contributed by atoms with Gasteiger partial charge in [0.2, 0.25) is 5.76 Å². The van der Waals surface area contributed by atoms with E-state index in [9.17, 15) is 9.59 Å². The normalized spacial score (nSPS) is 16.3. The number of carbonyl (C=O) groups excluding carboxylic acids is 2. The number of thiophene rings is 1. The van der Waals surface area contributed by atoms with Crippen molar-refractivity contribution in [1.82, 2.24) is 5.16 Å². The molecule has 7 nitrogen and oxygen atoms in total. The lowest BCUT2D eigenvalue weighted by Crippen LogP contribution is -2.19. The summed E-state index contributed by atoms with van der Waals surface area (Å²) in [5, 5.41) is 7.02. The maximum atomic E-state index is 12.5. The molecule has 4 rings (SSSR count). The Hall–Kier alpha value is -2.87. The van der Waals surface area contributed by atoms with Gasteiger partial charge in [0.15, 0.2) is 11.5 Å². The molecule has 0 aromatic carbocycles. The number of amides is 2. The first-order valence-corrected chi connectivity index (χ1v) is 9.11. The number of furan rings is 1. The number of hydrogen-bond acceptors (Lipinski definition) is 6. The summed E-state index contributed by atoms with van der Waals surface area (Å²) < 4.78 is 10.4. The fraction of sp³-hybridized carbons (Fsp3) is 0.278. The molecule has 0 unspecified atom stereocenters. The fourth-order valence-electron chi connectivity index (χ4n) is 3.18. The molecule has 8 heteroatoms. The van der Waals surface area contributed by atoms with Gasteiger partial charge in [0.05, 0.1) is 11.8 Å². The predicted molar refractivity (Wildman–Crippen MR) is 96.2 cm³/mol. The number of nitrogens with two attached hydrogens (primary N) is 1. The third-order valence-corrected chi connectivity index (χ3v) is 5.66. The zero-order chi connectivity index (χ0) is 18.3. The number of nitrogens with one attached hydrogen (secondary N) is 1. The maximum Gasteiger partial charge on any atom is 0.278 e. The van der Waals surface area contributed by atoms with Crippen molar-refractivity contribution in [3.05, 3.63) is 46.2 Å². The average molecular weight is 371 g/mol. The molecule has 0 bridgehead atoms. The standard InChI is InChI=1S/C18H17N3O4S/c1-9-4-5-10-14(7-9)26-18(15(10)16(19)22)20-17(23)11-8-13(25-21-11)12-3-2-6-24-12/h2-3,6,8-9H,4-5,7H2,1H3,(H2,19,22)(H,20,23)/t9-/m0/s1. The number of hydrogen-bond donors (Lipinski definition) is 2. The fourth-order valence-corrected chi connectivity index (χ4v) is 4.59. The second-order valence-electron chi connectivity index (χ2n) is 6.43. The van der Waals surface area contributed by atoms with Gasteiger partial charge >= 0.3 is 0 Å². The van der Waals surface area contributed by atoms with Crippen LogP contribution in [0.5, 0.6) is 0 Å². The van der Waals surface area contributed by atoms with Crippen molar-refractivity contribution in [2.75, 3.05) is 5.32 Å². The van der Waals surface area contributed by atoms with E-state index in [2.05, 4.69) is 17.4 Å². The van der Waals surface area contributed by atoms with Crippen LogP contribution in [-0.2, 0) is 12.8 Å². The first-order valence-electron chi connectivity index (χ1n) is 8.29. The van der Waals surface area contributed by atoms with Crippen LogP contribution in [0.25, 0.3) is 11.5 Å². The molecule has 1 aliphatic rings. The highest BCUT2D eigenvalue weighted by molar-refractivity contribution is 7.17. The van der Waals surface area contributed by atoms with Crippen molar-refractivity contribution in [2.24, 2.45) is 11.7 Å². The lowest BCUT2D eigenvalue weighted by Gasteiger charge is -2.18. The number of fused-ring (bicyclic) bond motifs is 1. The van der Waals surface area contributed by atoms with Gasteiger partial charge in [-0.3, -0.25) is 9.59 Å². The Morgan fingerprint density at radius 3 is 2.96 bits per heavy atom. The van der Waals surface area contributed by atoms with Crippen LogP contribution in [0.15, 0.2) is 33.4 Å². The van der Waals surface area contributed by atoms with Crippen LogP contribution >= 0.6 is 11.3 Å². The summed E-state index contributed by atoms with van der Waals surface area (Å²) in [6.07, 6.45) is 4.21. The Kier molecular flexibility index (Phi) is 4.12. The van der Waals surface area contributed by atoms with Crippen LogP contribution < -0.4 is 11.1 Å². The van der Waals surface area contributed by atoms with Crippen LogP contribution in [0.2, 0.25) is 0 Å². The summed E-state index contributed by atoms with van der Waals surface area (Å²) in [4.78, 5) is 25.6. The van der Waals surface area contributed by atoms with E-state index < -0.39 is 11.8 Å². The zero-order valence-corrected chi connectivity index (χ0v) is 14.9. The monoisotopic (exact) mass is 371 g/mol. The van der Waals surface area contributed by atoms with Crippen LogP contribution in [0.1, 0.15) is 44.6 Å². The molecule has 0 saturated heterocycles. The van der Waals surface area contributed by atoms with E-state index in [1.54, 1.807) is 12.1 Å². The Morgan fingerprint density at radius 2 is 2.23 bits per heavy atom. The maximum absolute atomic E-state index is 12.5. The molecule has 26 heavy (non-hydrogen) atoms. The van der Waals surface area contributed by atoms with Crippen LogP contribution in [0.4, 0.5) is 5.00 Å². The first kappa shape index (κ1) is 16.6. The average Bonchev–Trinajstić information content (AvgIpc) is 3.32. The van der Waals surface area contributed by atoms with Crippen molar-refractivity contribution >= 4 is 28.2 Å². The SMILES string of the molecule is C[C@H]1CCc2c(sc(NC(=O)c3cc(-c4ccco4)on3)c2C(N)=O)C1. The van der Waals surface area contributed by atoms with Gasteiger partial charge in [-0.05, 0) is 42.9 Å². The molecular formula is C18H17N3O4S. The van der Waals surface area contributed by atoms with Crippen molar-refractivity contribution in [3.63, 3.8) is 0 Å². The molecular weight excluding hydrogens is 354 g/mol. The number of rotatable bonds is 4. The zero-order valence-electron chi connectivity index (χ0n) is 14.1. The van der Waals surface area contributed by atoms with Crippen molar-refractivity contribution in [2.45, 2.75) is 26.2 Å². The molecule has 2 amide bonds. The van der Waals surface area contributed by atoms with Gasteiger partial charge in [0, 0.05) is 10.9 Å². The Bertz CT molecular complexity index is 971. The van der Waals surface area contributed by atoms with Gasteiger partial charge in [-0.25, -0.2) is 0 Å². The number of carbonyl (C=O) groups is 2. The molecule has 3 aromatic heterocycles. The molecule has 0 radical (unpaired) electrons. The lowest BCUT2D eigenvalue weighted by atomic mass is 9.88. The highest BCUT2D eigenvalue weighted by atomic mass is 32.1. The minimum Gasteiger partial charge on any atom is -0.461 e. The van der Waals surface area contributed by atoms with E-state index >= 15 is 0 Å². The van der Waals surface area contributed by atoms with Crippen LogP contribution in [0.3, 0.4) is 0 Å². The molecule has 1 atom stereocenters. The number of primary amides is 1. The molecule has 1 aliphatic carbocycles. The third-order valence-electron chi connectivity index (χ3n) is 4.49. The summed E-state index contributed by atoms with van der Waals surface area (Å²) in [6.45, 7) is 2.18. The van der Waals surface area contributed by atoms with Crippen LogP contribution in [0, 0.1) is 5.92 Å². The number of nitrogens with zero attached hydrogens (tertiary/aromatic N) is 1. The summed E-state index contributed by atoms with van der Waals surface area (Å²) >= 11 is 1.41. The molecule has 3 N–H and O–H groups in total. The highest BCUT2D eigenvalue weighted by Gasteiger charge is 2.28. The molecule has 3 heterocycles. The molecule has 0 spiro atoms. The van der Waals surface area contributed by atoms with Crippen molar-refractivity contribution < 1.29 is 18.5 Å². The van der Waals surface area contributed by atoms with Gasteiger partial charge in [0.1, 0.15) is 5.00 Å². The Labute approximate surface area is 153 Å². The summed E-state index contributed by atoms with van der Waals surface area (Å²) in [5.74, 6) is 0.408. The van der Waals surface area contributed by atoms with Gasteiger partial charge in [-0.15, -0.1) is 11.3 Å². The van der Waals surface area contributed by atoms with Crippen LogP contribution in [-0.4, -0.2) is 17.0 Å². The summed E-state index contributed by atoms with van der Waals surface area (Å²) in [7, 11) is 0.